The highest BCUT2D eigenvalue weighted by atomic mass is 79.9. The Balaban J connectivity index is 1.70. The number of hydrogen-bond acceptors (Lipinski definition) is 4. The molecule has 0 saturated carbocycles. The molecular formula is C25H27BrN2O4S. The minimum atomic E-state index is -3.65. The second-order valence-corrected chi connectivity index (χ2v) is 11.2. The Morgan fingerprint density at radius 1 is 0.970 bits per heavy atom. The Kier molecular flexibility index (Phi) is 7.94. The number of benzene rings is 3. The van der Waals surface area contributed by atoms with Crippen molar-refractivity contribution in [1.29, 1.82) is 0 Å². The number of carbonyl (C=O) groups excluding carboxylic acids is 1. The quantitative estimate of drug-likeness (QED) is 0.408. The molecule has 33 heavy (non-hydrogen) atoms. The van der Waals surface area contributed by atoms with Gasteiger partial charge in [-0.05, 0) is 68.8 Å². The molecular weight excluding hydrogens is 504 g/mol. The third-order valence-electron chi connectivity index (χ3n) is 4.54. The van der Waals surface area contributed by atoms with Crippen LogP contribution >= 0.6 is 15.9 Å². The van der Waals surface area contributed by atoms with Gasteiger partial charge in [0.05, 0.1) is 17.1 Å². The average Bonchev–Trinajstić information content (AvgIpc) is 2.74. The van der Waals surface area contributed by atoms with Crippen molar-refractivity contribution in [2.24, 2.45) is 0 Å². The first kappa shape index (κ1) is 25.0. The number of carbonyl (C=O) groups is 1. The molecule has 0 saturated heterocycles. The first-order valence-corrected chi connectivity index (χ1v) is 12.7. The summed E-state index contributed by atoms with van der Waals surface area (Å²) in [6.07, 6.45) is 0.719. The van der Waals surface area contributed by atoms with E-state index in [1.54, 1.807) is 45.0 Å². The van der Waals surface area contributed by atoms with Gasteiger partial charge in [-0.3, -0.25) is 4.79 Å². The molecule has 6 nitrogen and oxygen atoms in total. The van der Waals surface area contributed by atoms with Crippen molar-refractivity contribution >= 4 is 37.5 Å². The number of sulfonamides is 1. The molecule has 0 unspecified atom stereocenters. The SMILES string of the molecule is CC(C)(C)NS(=O)(=O)c1ccc(NC(=O)c2cc(Br)ccc2OCCc2ccccc2)cc1. The van der Waals surface area contributed by atoms with E-state index in [0.29, 0.717) is 23.6 Å². The predicted molar refractivity (Wildman–Crippen MR) is 134 cm³/mol. The van der Waals surface area contributed by atoms with Crippen molar-refractivity contribution in [1.82, 2.24) is 4.72 Å². The minimum absolute atomic E-state index is 0.128. The summed E-state index contributed by atoms with van der Waals surface area (Å²) in [5.41, 5.74) is 1.41. The number of nitrogens with one attached hydrogen (secondary N) is 2. The van der Waals surface area contributed by atoms with Gasteiger partial charge in [0.2, 0.25) is 10.0 Å². The molecule has 0 spiro atoms. The van der Waals surface area contributed by atoms with Gasteiger partial charge in [0, 0.05) is 22.1 Å². The molecule has 0 fully saturated rings. The highest BCUT2D eigenvalue weighted by Crippen LogP contribution is 2.25. The van der Waals surface area contributed by atoms with Gasteiger partial charge >= 0.3 is 0 Å². The summed E-state index contributed by atoms with van der Waals surface area (Å²) in [4.78, 5) is 13.1. The van der Waals surface area contributed by atoms with Gasteiger partial charge < -0.3 is 10.1 Å². The first-order chi connectivity index (χ1) is 15.5. The van der Waals surface area contributed by atoms with E-state index in [2.05, 4.69) is 26.0 Å². The highest BCUT2D eigenvalue weighted by Gasteiger charge is 2.22. The fourth-order valence-electron chi connectivity index (χ4n) is 3.11. The van der Waals surface area contributed by atoms with Gasteiger partial charge in [0.15, 0.2) is 0 Å². The molecule has 3 aromatic rings. The zero-order valence-corrected chi connectivity index (χ0v) is 21.2. The lowest BCUT2D eigenvalue weighted by molar-refractivity contribution is 0.102. The van der Waals surface area contributed by atoms with Crippen LogP contribution in [0.4, 0.5) is 5.69 Å². The van der Waals surface area contributed by atoms with Crippen molar-refractivity contribution in [3.63, 3.8) is 0 Å². The standard InChI is InChI=1S/C25H27BrN2O4S/c1-25(2,3)28-33(30,31)21-12-10-20(11-13-21)27-24(29)22-17-19(26)9-14-23(22)32-16-15-18-7-5-4-6-8-18/h4-14,17,28H,15-16H2,1-3H3,(H,27,29). The average molecular weight is 531 g/mol. The van der Waals surface area contributed by atoms with Crippen molar-refractivity contribution in [3.05, 3.63) is 88.4 Å². The van der Waals surface area contributed by atoms with Crippen LogP contribution in [-0.4, -0.2) is 26.5 Å². The van der Waals surface area contributed by atoms with Crippen molar-refractivity contribution < 1.29 is 17.9 Å². The topological polar surface area (TPSA) is 84.5 Å². The molecule has 0 atom stereocenters. The summed E-state index contributed by atoms with van der Waals surface area (Å²) < 4.78 is 34.2. The van der Waals surface area contributed by atoms with Crippen LogP contribution in [0.25, 0.3) is 0 Å². The zero-order chi connectivity index (χ0) is 24.1. The maximum atomic E-state index is 12.9. The number of ether oxygens (including phenoxy) is 1. The monoisotopic (exact) mass is 530 g/mol. The molecule has 0 radical (unpaired) electrons. The van der Waals surface area contributed by atoms with Crippen LogP contribution in [0.1, 0.15) is 36.7 Å². The molecule has 0 heterocycles. The molecule has 1 amide bonds. The lowest BCUT2D eigenvalue weighted by Gasteiger charge is -2.20. The van der Waals surface area contributed by atoms with Crippen molar-refractivity contribution in [2.75, 3.05) is 11.9 Å². The fourth-order valence-corrected chi connectivity index (χ4v) is 4.89. The van der Waals surface area contributed by atoms with Crippen LogP contribution in [0.2, 0.25) is 0 Å². The summed E-state index contributed by atoms with van der Waals surface area (Å²) in [6, 6.07) is 21.3. The number of anilines is 1. The molecule has 3 aromatic carbocycles. The van der Waals surface area contributed by atoms with Gasteiger partial charge in [-0.15, -0.1) is 0 Å². The third kappa shape index (κ3) is 7.42. The molecule has 0 aliphatic carbocycles. The van der Waals surface area contributed by atoms with Crippen LogP contribution in [0.15, 0.2) is 82.2 Å². The molecule has 8 heteroatoms. The highest BCUT2D eigenvalue weighted by molar-refractivity contribution is 9.10. The van der Waals surface area contributed by atoms with Crippen LogP contribution in [-0.2, 0) is 16.4 Å². The minimum Gasteiger partial charge on any atom is -0.492 e. The summed E-state index contributed by atoms with van der Waals surface area (Å²) in [5.74, 6) is 0.120. The summed E-state index contributed by atoms with van der Waals surface area (Å²) >= 11 is 3.40. The second-order valence-electron chi connectivity index (χ2n) is 8.56. The third-order valence-corrected chi connectivity index (χ3v) is 6.81. The zero-order valence-electron chi connectivity index (χ0n) is 18.8. The Bertz CT molecular complexity index is 1210. The second kappa shape index (κ2) is 10.5. The van der Waals surface area contributed by atoms with Crippen molar-refractivity contribution in [2.45, 2.75) is 37.6 Å². The van der Waals surface area contributed by atoms with E-state index in [-0.39, 0.29) is 10.8 Å². The fraction of sp³-hybridized carbons (Fsp3) is 0.240. The lowest BCUT2D eigenvalue weighted by atomic mass is 10.1. The van der Waals surface area contributed by atoms with Crippen LogP contribution in [0, 0.1) is 0 Å². The van der Waals surface area contributed by atoms with Gasteiger partial charge in [-0.2, -0.15) is 0 Å². The van der Waals surface area contributed by atoms with E-state index in [1.807, 2.05) is 36.4 Å². The van der Waals surface area contributed by atoms with Crippen molar-refractivity contribution in [3.8, 4) is 5.75 Å². The van der Waals surface area contributed by atoms with Crippen LogP contribution in [0.5, 0.6) is 5.75 Å². The van der Waals surface area contributed by atoms with E-state index >= 15 is 0 Å². The van der Waals surface area contributed by atoms with Gasteiger partial charge in [-0.25, -0.2) is 13.1 Å². The van der Waals surface area contributed by atoms with Crippen LogP contribution < -0.4 is 14.8 Å². The summed E-state index contributed by atoms with van der Waals surface area (Å²) in [5, 5.41) is 2.81. The van der Waals surface area contributed by atoms with E-state index in [1.165, 1.54) is 12.1 Å². The van der Waals surface area contributed by atoms with E-state index in [9.17, 15) is 13.2 Å². The first-order valence-electron chi connectivity index (χ1n) is 10.5. The summed E-state index contributed by atoms with van der Waals surface area (Å²) in [7, 11) is -3.65. The maximum absolute atomic E-state index is 12.9. The van der Waals surface area contributed by atoms with Crippen LogP contribution in [0.3, 0.4) is 0 Å². The molecule has 2 N–H and O–H groups in total. The molecule has 3 rings (SSSR count). The Hall–Kier alpha value is -2.68. The molecule has 174 valence electrons. The smallest absolute Gasteiger partial charge is 0.259 e. The Morgan fingerprint density at radius 2 is 1.64 bits per heavy atom. The number of rotatable bonds is 8. The van der Waals surface area contributed by atoms with E-state index < -0.39 is 15.6 Å². The Morgan fingerprint density at radius 3 is 2.27 bits per heavy atom. The van der Waals surface area contributed by atoms with Gasteiger partial charge in [-0.1, -0.05) is 46.3 Å². The lowest BCUT2D eigenvalue weighted by Crippen LogP contribution is -2.40. The normalized spacial score (nSPS) is 11.8. The summed E-state index contributed by atoms with van der Waals surface area (Å²) in [6.45, 7) is 5.75. The molecule has 0 aliphatic heterocycles. The molecule has 0 aromatic heterocycles. The number of halogens is 1. The van der Waals surface area contributed by atoms with Gasteiger partial charge in [0.25, 0.3) is 5.91 Å². The predicted octanol–water partition coefficient (Wildman–Crippen LogP) is 5.40. The largest absolute Gasteiger partial charge is 0.492 e. The van der Waals surface area contributed by atoms with E-state index in [4.69, 9.17) is 4.74 Å². The number of amides is 1. The van der Waals surface area contributed by atoms with E-state index in [0.717, 1.165) is 16.5 Å². The molecule has 0 bridgehead atoms. The molecule has 0 aliphatic rings. The van der Waals surface area contributed by atoms with Gasteiger partial charge in [0.1, 0.15) is 5.75 Å². The Labute approximate surface area is 203 Å². The number of hydrogen-bond donors (Lipinski definition) is 2. The maximum Gasteiger partial charge on any atom is 0.259 e.